The lowest BCUT2D eigenvalue weighted by Crippen LogP contribution is -2.37. The maximum Gasteiger partial charge on any atom is 0.328 e. The van der Waals surface area contributed by atoms with Gasteiger partial charge in [-0.25, -0.2) is 4.79 Å². The van der Waals surface area contributed by atoms with Gasteiger partial charge in [0.05, 0.1) is 0 Å². The van der Waals surface area contributed by atoms with E-state index in [2.05, 4.69) is 35.3 Å². The third kappa shape index (κ3) is 4.81. The molecule has 1 aliphatic rings. The molecule has 1 fully saturated rings. The predicted octanol–water partition coefficient (Wildman–Crippen LogP) is 5.38. The molecule has 4 heteroatoms. The van der Waals surface area contributed by atoms with Gasteiger partial charge < -0.3 is 4.98 Å². The Balaban J connectivity index is 0.00000111. The van der Waals surface area contributed by atoms with Crippen molar-refractivity contribution < 1.29 is 1.43 Å². The van der Waals surface area contributed by atoms with Crippen LogP contribution in [0.15, 0.2) is 70.3 Å². The van der Waals surface area contributed by atoms with Crippen molar-refractivity contribution in [3.8, 4) is 0 Å². The topological polar surface area (TPSA) is 54.9 Å². The summed E-state index contributed by atoms with van der Waals surface area (Å²) in [5.74, 6) is 0.800. The van der Waals surface area contributed by atoms with Crippen molar-refractivity contribution in [3.05, 3.63) is 104 Å². The van der Waals surface area contributed by atoms with Gasteiger partial charge in [-0.05, 0) is 48.6 Å². The lowest BCUT2D eigenvalue weighted by atomic mass is 9.76. The van der Waals surface area contributed by atoms with Crippen LogP contribution >= 0.6 is 0 Å². The average Bonchev–Trinajstić information content (AvgIpc) is 2.82. The molecule has 0 radical (unpaired) electrons. The number of hydrogen-bond donors (Lipinski definition) is 1. The zero-order chi connectivity index (χ0) is 21.5. The summed E-state index contributed by atoms with van der Waals surface area (Å²) in [6, 6.07) is 20.6. The smallest absolute Gasteiger partial charge is 0.310 e. The van der Waals surface area contributed by atoms with Crippen molar-refractivity contribution in [1.29, 1.82) is 0 Å². The van der Waals surface area contributed by atoms with Crippen molar-refractivity contribution in [2.75, 3.05) is 0 Å². The quantitative estimate of drug-likeness (QED) is 0.632. The van der Waals surface area contributed by atoms with E-state index >= 15 is 0 Å². The average molecular weight is 407 g/mol. The first-order valence-electron chi connectivity index (χ1n) is 11.0. The summed E-state index contributed by atoms with van der Waals surface area (Å²) in [6.07, 6.45) is 4.69. The molecule has 4 rings (SSSR count). The molecular weight excluding hydrogens is 372 g/mol. The third-order valence-electron chi connectivity index (χ3n) is 6.06. The van der Waals surface area contributed by atoms with Crippen LogP contribution < -0.4 is 11.2 Å². The summed E-state index contributed by atoms with van der Waals surface area (Å²) < 4.78 is 1.19. The first-order valence-corrected chi connectivity index (χ1v) is 11.0. The molecule has 0 unspecified atom stereocenters. The van der Waals surface area contributed by atoms with Crippen LogP contribution in [0.25, 0.3) is 0 Å². The van der Waals surface area contributed by atoms with E-state index in [1.165, 1.54) is 10.1 Å². The van der Waals surface area contributed by atoms with Gasteiger partial charge in [-0.1, -0.05) is 74.5 Å². The van der Waals surface area contributed by atoms with Gasteiger partial charge in [-0.2, -0.15) is 0 Å². The van der Waals surface area contributed by atoms with E-state index in [0.29, 0.717) is 12.3 Å². The zero-order valence-corrected chi connectivity index (χ0v) is 18.2. The Hall–Kier alpha value is -2.88. The summed E-state index contributed by atoms with van der Waals surface area (Å²) in [4.78, 5) is 28.2. The second-order valence-electron chi connectivity index (χ2n) is 7.81. The number of rotatable bonds is 4. The molecule has 0 aliphatic heterocycles. The second kappa shape index (κ2) is 10.2. The number of aromatic nitrogens is 2. The lowest BCUT2D eigenvalue weighted by molar-refractivity contribution is 0.387. The van der Waals surface area contributed by atoms with Gasteiger partial charge in [0.1, 0.15) is 0 Å². The first-order chi connectivity index (χ1) is 14.6. The van der Waals surface area contributed by atoms with E-state index in [9.17, 15) is 9.59 Å². The van der Waals surface area contributed by atoms with Crippen LogP contribution in [0.5, 0.6) is 0 Å². The number of benzene rings is 2. The monoisotopic (exact) mass is 406 g/mol. The molecule has 0 spiro atoms. The molecular formula is C26H34N2O2. The van der Waals surface area contributed by atoms with Crippen LogP contribution in [0.3, 0.4) is 0 Å². The zero-order valence-electron chi connectivity index (χ0n) is 18.2. The van der Waals surface area contributed by atoms with E-state index < -0.39 is 0 Å². The molecule has 3 aromatic rings. The second-order valence-corrected chi connectivity index (χ2v) is 7.81. The van der Waals surface area contributed by atoms with E-state index in [1.54, 1.807) is 7.05 Å². The summed E-state index contributed by atoms with van der Waals surface area (Å²) in [6.45, 7) is 4.00. The molecule has 2 aromatic carbocycles. The maximum atomic E-state index is 12.9. The number of H-pyrrole nitrogens is 1. The number of nitrogens with zero attached hydrogens (tertiary/aromatic N) is 1. The summed E-state index contributed by atoms with van der Waals surface area (Å²) in [7, 11) is 1.55. The number of nitrogens with one attached hydrogen (secondary N) is 1. The fourth-order valence-corrected chi connectivity index (χ4v) is 4.44. The maximum absolute atomic E-state index is 12.9. The number of hydrogen-bond acceptors (Lipinski definition) is 2. The molecule has 0 saturated heterocycles. The largest absolute Gasteiger partial charge is 0.328 e. The molecule has 0 atom stereocenters. The Kier molecular flexibility index (Phi) is 7.45. The van der Waals surface area contributed by atoms with Crippen LogP contribution in [-0.4, -0.2) is 9.55 Å². The molecule has 4 nitrogen and oxygen atoms in total. The Bertz CT molecular complexity index is 1050. The van der Waals surface area contributed by atoms with Crippen LogP contribution in [0.1, 0.15) is 75.2 Å². The Morgan fingerprint density at radius 3 is 2.00 bits per heavy atom. The van der Waals surface area contributed by atoms with Crippen molar-refractivity contribution >= 4 is 0 Å². The standard InChI is InChI=1S/C24H26N2O2.C2H6.H2/c1-26-23(27)21(16-17-8-4-2-5-9-17)22(25-24(26)28)20-14-12-19(13-15-20)18-10-6-3-7-11-18;1-2;/h2-11,19-20H,12-16H2,1H3,(H,25,28);1-2H3;1H. The molecule has 30 heavy (non-hydrogen) atoms. The minimum Gasteiger partial charge on any atom is -0.310 e. The molecule has 1 heterocycles. The molecule has 1 saturated carbocycles. The highest BCUT2D eigenvalue weighted by molar-refractivity contribution is 5.30. The van der Waals surface area contributed by atoms with Crippen LogP contribution in [0, 0.1) is 0 Å². The fourth-order valence-electron chi connectivity index (χ4n) is 4.44. The number of aromatic amines is 1. The summed E-state index contributed by atoms with van der Waals surface area (Å²) in [5, 5.41) is 0. The summed E-state index contributed by atoms with van der Waals surface area (Å²) >= 11 is 0. The van der Waals surface area contributed by atoms with E-state index in [-0.39, 0.29) is 18.6 Å². The normalized spacial score (nSPS) is 18.4. The third-order valence-corrected chi connectivity index (χ3v) is 6.06. The van der Waals surface area contributed by atoms with Gasteiger partial charge >= 0.3 is 5.69 Å². The van der Waals surface area contributed by atoms with Crippen LogP contribution in [0.2, 0.25) is 0 Å². The molecule has 1 N–H and O–H groups in total. The van der Waals surface area contributed by atoms with Crippen LogP contribution in [0.4, 0.5) is 0 Å². The van der Waals surface area contributed by atoms with Gasteiger partial charge in [0, 0.05) is 26.2 Å². The Morgan fingerprint density at radius 1 is 0.867 bits per heavy atom. The van der Waals surface area contributed by atoms with Crippen LogP contribution in [-0.2, 0) is 13.5 Å². The highest BCUT2D eigenvalue weighted by Crippen LogP contribution is 2.40. The molecule has 160 valence electrons. The van der Waals surface area contributed by atoms with E-state index in [1.807, 2.05) is 44.2 Å². The highest BCUT2D eigenvalue weighted by Gasteiger charge is 2.27. The Labute approximate surface area is 180 Å². The molecule has 0 amide bonds. The van der Waals surface area contributed by atoms with Gasteiger partial charge in [0.2, 0.25) is 0 Å². The first kappa shape index (κ1) is 21.8. The van der Waals surface area contributed by atoms with E-state index in [4.69, 9.17) is 0 Å². The van der Waals surface area contributed by atoms with Gasteiger partial charge in [-0.15, -0.1) is 0 Å². The predicted molar refractivity (Wildman–Crippen MR) is 125 cm³/mol. The summed E-state index contributed by atoms with van der Waals surface area (Å²) in [5.41, 5.74) is 3.57. The van der Waals surface area contributed by atoms with Crippen molar-refractivity contribution in [2.45, 2.75) is 57.8 Å². The minimum absolute atomic E-state index is 0. The van der Waals surface area contributed by atoms with Crippen molar-refractivity contribution in [2.24, 2.45) is 7.05 Å². The molecule has 0 bridgehead atoms. The van der Waals surface area contributed by atoms with Gasteiger partial charge in [0.25, 0.3) is 5.56 Å². The van der Waals surface area contributed by atoms with Crippen molar-refractivity contribution in [3.63, 3.8) is 0 Å². The fraction of sp³-hybridized carbons (Fsp3) is 0.385. The lowest BCUT2D eigenvalue weighted by Gasteiger charge is -2.30. The SMILES string of the molecule is CC.Cn1c(=O)[nH]c(C2CCC(c3ccccc3)CC2)c(Cc2ccccc2)c1=O.[HH]. The van der Waals surface area contributed by atoms with Gasteiger partial charge in [-0.3, -0.25) is 9.36 Å². The Morgan fingerprint density at radius 2 is 1.40 bits per heavy atom. The highest BCUT2D eigenvalue weighted by atomic mass is 16.2. The van der Waals surface area contributed by atoms with Gasteiger partial charge in [0.15, 0.2) is 0 Å². The molecule has 1 aliphatic carbocycles. The molecule has 1 aromatic heterocycles. The van der Waals surface area contributed by atoms with Crippen molar-refractivity contribution in [1.82, 2.24) is 9.55 Å². The minimum atomic E-state index is -0.318. The van der Waals surface area contributed by atoms with E-state index in [0.717, 1.165) is 42.5 Å².